The summed E-state index contributed by atoms with van der Waals surface area (Å²) in [7, 11) is 0. The molecule has 0 bridgehead atoms. The van der Waals surface area contributed by atoms with Gasteiger partial charge in [0.15, 0.2) is 0 Å². The standard InChI is InChI=1S/C20H22F3N3O2/c1-13-10-14(2-3-15(13)21)11-25-7-4-17-16(12-25)24-18(28-17)19(27)26-8-5-20(22,23)6-9-26/h2-3,10H,4-9,11-12H2,1H3. The molecule has 28 heavy (non-hydrogen) atoms. The van der Waals surface area contributed by atoms with Crippen LogP contribution >= 0.6 is 0 Å². The highest BCUT2D eigenvalue weighted by atomic mass is 19.3. The van der Waals surface area contributed by atoms with E-state index in [1.807, 2.05) is 6.07 Å². The van der Waals surface area contributed by atoms with Crippen molar-refractivity contribution in [2.45, 2.75) is 45.2 Å². The van der Waals surface area contributed by atoms with Gasteiger partial charge in [-0.25, -0.2) is 18.2 Å². The van der Waals surface area contributed by atoms with Crippen LogP contribution in [0.5, 0.6) is 0 Å². The number of likely N-dealkylation sites (tertiary alicyclic amines) is 1. The van der Waals surface area contributed by atoms with E-state index in [-0.39, 0.29) is 37.6 Å². The first-order valence-electron chi connectivity index (χ1n) is 9.44. The van der Waals surface area contributed by atoms with Crippen molar-refractivity contribution in [3.8, 4) is 0 Å². The van der Waals surface area contributed by atoms with E-state index in [0.717, 1.165) is 12.1 Å². The summed E-state index contributed by atoms with van der Waals surface area (Å²) in [5, 5.41) is 0. The van der Waals surface area contributed by atoms with Crippen LogP contribution in [0.1, 0.15) is 46.1 Å². The molecule has 0 aliphatic carbocycles. The maximum Gasteiger partial charge on any atom is 0.309 e. The lowest BCUT2D eigenvalue weighted by atomic mass is 10.1. The molecule has 150 valence electrons. The van der Waals surface area contributed by atoms with Crippen molar-refractivity contribution >= 4 is 5.91 Å². The molecule has 2 aromatic rings. The third kappa shape index (κ3) is 3.92. The number of carbonyl (C=O) groups is 1. The Bertz CT molecular complexity index is 887. The number of hydrogen-bond acceptors (Lipinski definition) is 4. The van der Waals surface area contributed by atoms with Crippen molar-refractivity contribution in [1.29, 1.82) is 0 Å². The fraction of sp³-hybridized carbons (Fsp3) is 0.500. The van der Waals surface area contributed by atoms with E-state index in [2.05, 4.69) is 9.88 Å². The number of rotatable bonds is 3. The minimum absolute atomic E-state index is 0.00885. The second-order valence-corrected chi connectivity index (χ2v) is 7.58. The number of piperidine rings is 1. The van der Waals surface area contributed by atoms with E-state index < -0.39 is 11.8 Å². The summed E-state index contributed by atoms with van der Waals surface area (Å²) in [4.78, 5) is 20.4. The van der Waals surface area contributed by atoms with Gasteiger partial charge in [0, 0.05) is 52.0 Å². The Labute approximate surface area is 161 Å². The number of aromatic nitrogens is 1. The molecule has 3 heterocycles. The molecule has 1 saturated heterocycles. The number of amides is 1. The monoisotopic (exact) mass is 393 g/mol. The quantitative estimate of drug-likeness (QED) is 0.800. The first-order chi connectivity index (χ1) is 13.3. The van der Waals surface area contributed by atoms with Gasteiger partial charge in [0.2, 0.25) is 0 Å². The zero-order valence-corrected chi connectivity index (χ0v) is 15.7. The highest BCUT2D eigenvalue weighted by Gasteiger charge is 2.37. The summed E-state index contributed by atoms with van der Waals surface area (Å²) < 4.78 is 45.7. The molecule has 5 nitrogen and oxygen atoms in total. The van der Waals surface area contributed by atoms with Gasteiger partial charge in [0.05, 0.1) is 5.69 Å². The largest absolute Gasteiger partial charge is 0.437 e. The van der Waals surface area contributed by atoms with Crippen LogP contribution in [0.3, 0.4) is 0 Å². The van der Waals surface area contributed by atoms with Crippen molar-refractivity contribution in [2.24, 2.45) is 0 Å². The third-order valence-electron chi connectivity index (χ3n) is 5.40. The van der Waals surface area contributed by atoms with Gasteiger partial charge in [-0.1, -0.05) is 12.1 Å². The van der Waals surface area contributed by atoms with Gasteiger partial charge in [-0.15, -0.1) is 0 Å². The highest BCUT2D eigenvalue weighted by molar-refractivity contribution is 5.89. The number of nitrogens with zero attached hydrogens (tertiary/aromatic N) is 3. The van der Waals surface area contributed by atoms with E-state index in [1.54, 1.807) is 13.0 Å². The lowest BCUT2D eigenvalue weighted by molar-refractivity contribution is -0.0499. The van der Waals surface area contributed by atoms with Gasteiger partial charge < -0.3 is 9.32 Å². The Balaban J connectivity index is 1.42. The summed E-state index contributed by atoms with van der Waals surface area (Å²) in [5.41, 5.74) is 2.32. The molecule has 1 aromatic carbocycles. The van der Waals surface area contributed by atoms with Crippen molar-refractivity contribution in [3.05, 3.63) is 52.5 Å². The molecule has 1 fully saturated rings. The number of benzene rings is 1. The van der Waals surface area contributed by atoms with Crippen LogP contribution in [0.25, 0.3) is 0 Å². The molecule has 0 unspecified atom stereocenters. The Morgan fingerprint density at radius 2 is 2.00 bits per heavy atom. The SMILES string of the molecule is Cc1cc(CN2CCc3oc(C(=O)N4CCC(F)(F)CC4)nc3C2)ccc1F. The predicted octanol–water partition coefficient (Wildman–Crippen LogP) is 3.55. The maximum atomic E-state index is 13.4. The van der Waals surface area contributed by atoms with E-state index >= 15 is 0 Å². The Morgan fingerprint density at radius 3 is 2.71 bits per heavy atom. The molecule has 8 heteroatoms. The topological polar surface area (TPSA) is 49.6 Å². The summed E-state index contributed by atoms with van der Waals surface area (Å²) in [6, 6.07) is 5.06. The number of aryl methyl sites for hydroxylation is 1. The van der Waals surface area contributed by atoms with Gasteiger partial charge in [-0.3, -0.25) is 9.69 Å². The van der Waals surface area contributed by atoms with E-state index in [4.69, 9.17) is 4.42 Å². The number of alkyl halides is 2. The molecule has 0 saturated carbocycles. The molecule has 2 aliphatic rings. The maximum absolute atomic E-state index is 13.4. The molecular weight excluding hydrogens is 371 g/mol. The highest BCUT2D eigenvalue weighted by Crippen LogP contribution is 2.29. The van der Waals surface area contributed by atoms with Crippen LogP contribution in [-0.2, 0) is 19.5 Å². The second-order valence-electron chi connectivity index (χ2n) is 7.58. The summed E-state index contributed by atoms with van der Waals surface area (Å²) in [6.45, 7) is 3.67. The van der Waals surface area contributed by atoms with E-state index in [1.165, 1.54) is 11.0 Å². The first-order valence-corrected chi connectivity index (χ1v) is 9.44. The zero-order valence-electron chi connectivity index (χ0n) is 15.7. The lowest BCUT2D eigenvalue weighted by Crippen LogP contribution is -2.42. The fourth-order valence-electron chi connectivity index (χ4n) is 3.71. The molecule has 2 aliphatic heterocycles. The van der Waals surface area contributed by atoms with Crippen LogP contribution in [0.2, 0.25) is 0 Å². The lowest BCUT2D eigenvalue weighted by Gasteiger charge is -2.30. The van der Waals surface area contributed by atoms with Crippen LogP contribution in [0, 0.1) is 12.7 Å². The summed E-state index contributed by atoms with van der Waals surface area (Å²) in [5.74, 6) is -2.69. The average Bonchev–Trinajstić information content (AvgIpc) is 3.07. The smallest absolute Gasteiger partial charge is 0.309 e. The number of hydrogen-bond donors (Lipinski definition) is 0. The van der Waals surface area contributed by atoms with Crippen LogP contribution < -0.4 is 0 Å². The van der Waals surface area contributed by atoms with Gasteiger partial charge in [0.25, 0.3) is 11.8 Å². The molecular formula is C20H22F3N3O2. The van der Waals surface area contributed by atoms with E-state index in [9.17, 15) is 18.0 Å². The Morgan fingerprint density at radius 1 is 1.25 bits per heavy atom. The zero-order chi connectivity index (χ0) is 19.9. The van der Waals surface area contributed by atoms with Crippen molar-refractivity contribution in [1.82, 2.24) is 14.8 Å². The Hall–Kier alpha value is -2.35. The van der Waals surface area contributed by atoms with Gasteiger partial charge in [-0.2, -0.15) is 0 Å². The first kappa shape index (κ1) is 19.0. The minimum atomic E-state index is -2.70. The summed E-state index contributed by atoms with van der Waals surface area (Å²) >= 11 is 0. The molecule has 0 radical (unpaired) electrons. The number of fused-ring (bicyclic) bond motifs is 1. The van der Waals surface area contributed by atoms with E-state index in [0.29, 0.717) is 36.5 Å². The van der Waals surface area contributed by atoms with Crippen molar-refractivity contribution < 1.29 is 22.4 Å². The molecule has 4 rings (SSSR count). The van der Waals surface area contributed by atoms with Crippen LogP contribution in [-0.4, -0.2) is 46.2 Å². The Kier molecular flexibility index (Phi) is 4.91. The van der Waals surface area contributed by atoms with Gasteiger partial charge in [0.1, 0.15) is 11.6 Å². The normalized spacial score (nSPS) is 19.5. The average molecular weight is 393 g/mol. The van der Waals surface area contributed by atoms with Crippen LogP contribution in [0.4, 0.5) is 13.2 Å². The van der Waals surface area contributed by atoms with Crippen LogP contribution in [0.15, 0.2) is 22.6 Å². The summed E-state index contributed by atoms with van der Waals surface area (Å²) in [6.07, 6.45) is -0.0398. The third-order valence-corrected chi connectivity index (χ3v) is 5.40. The molecule has 1 amide bonds. The van der Waals surface area contributed by atoms with Crippen molar-refractivity contribution in [3.63, 3.8) is 0 Å². The molecule has 0 atom stereocenters. The number of halogens is 3. The number of oxazole rings is 1. The molecule has 0 N–H and O–H groups in total. The fourth-order valence-corrected chi connectivity index (χ4v) is 3.71. The number of carbonyl (C=O) groups excluding carboxylic acids is 1. The van der Waals surface area contributed by atoms with Gasteiger partial charge in [-0.05, 0) is 24.1 Å². The van der Waals surface area contributed by atoms with Gasteiger partial charge >= 0.3 is 5.91 Å². The second kappa shape index (κ2) is 7.24. The predicted molar refractivity (Wildman–Crippen MR) is 95.5 cm³/mol. The molecule has 0 spiro atoms. The molecule has 1 aromatic heterocycles. The minimum Gasteiger partial charge on any atom is -0.437 e. The van der Waals surface area contributed by atoms with Crippen molar-refractivity contribution in [2.75, 3.05) is 19.6 Å².